The van der Waals surface area contributed by atoms with Gasteiger partial charge in [-0.1, -0.05) is 6.92 Å². The summed E-state index contributed by atoms with van der Waals surface area (Å²) in [5, 5.41) is 0. The molecule has 2 nitrogen and oxygen atoms in total. The normalized spacial score (nSPS) is 11.7. The molecule has 0 aromatic carbocycles. The second-order valence-electron chi connectivity index (χ2n) is 3.11. The highest BCUT2D eigenvalue weighted by molar-refractivity contribution is 6.04. The molecule has 10 heavy (non-hydrogen) atoms. The van der Waals surface area contributed by atoms with Crippen molar-refractivity contribution in [3.05, 3.63) is 0 Å². The molecular formula is C7H20N2Si. The Morgan fingerprint density at radius 2 is 1.70 bits per heavy atom. The van der Waals surface area contributed by atoms with E-state index in [4.69, 9.17) is 0 Å². The van der Waals surface area contributed by atoms with Gasteiger partial charge < -0.3 is 9.47 Å². The zero-order valence-electron chi connectivity index (χ0n) is 7.72. The Labute approximate surface area is 67.7 Å². The Hall–Kier alpha value is 0.137. The molecule has 0 amide bonds. The van der Waals surface area contributed by atoms with Gasteiger partial charge in [0.1, 0.15) is 0 Å². The topological polar surface area (TPSA) is 6.48 Å². The maximum Gasteiger partial charge on any atom is 0.0781 e. The molecule has 0 radical (unpaired) electrons. The quantitative estimate of drug-likeness (QED) is 0.502. The Bertz CT molecular complexity index is 76.0. The maximum absolute atomic E-state index is 2.38. The second-order valence-corrected chi connectivity index (χ2v) is 4.63. The van der Waals surface area contributed by atoms with E-state index in [1.165, 1.54) is 36.5 Å². The predicted molar refractivity (Wildman–Crippen MR) is 50.4 cm³/mol. The van der Waals surface area contributed by atoms with Crippen LogP contribution in [0.4, 0.5) is 0 Å². The molecular weight excluding hydrogens is 140 g/mol. The highest BCUT2D eigenvalue weighted by Gasteiger charge is 1.95. The molecule has 0 aliphatic heterocycles. The summed E-state index contributed by atoms with van der Waals surface area (Å²) in [4.78, 5) is 2.38. The molecule has 0 aromatic rings. The fraction of sp³-hybridized carbons (Fsp3) is 1.00. The van der Waals surface area contributed by atoms with Gasteiger partial charge in [-0.25, -0.2) is 0 Å². The van der Waals surface area contributed by atoms with E-state index in [0.717, 1.165) is 0 Å². The van der Waals surface area contributed by atoms with Crippen LogP contribution in [0.3, 0.4) is 0 Å². The maximum atomic E-state index is 2.38. The van der Waals surface area contributed by atoms with Crippen LogP contribution in [0.15, 0.2) is 0 Å². The van der Waals surface area contributed by atoms with Crippen LogP contribution >= 0.6 is 0 Å². The molecule has 3 heteroatoms. The summed E-state index contributed by atoms with van der Waals surface area (Å²) in [6, 6.07) is 0. The van der Waals surface area contributed by atoms with Gasteiger partial charge in [-0.3, -0.25) is 0 Å². The van der Waals surface area contributed by atoms with Crippen LogP contribution in [0, 0.1) is 0 Å². The average Bonchev–Trinajstić information content (AvgIpc) is 1.85. The van der Waals surface area contributed by atoms with Crippen molar-refractivity contribution in [1.82, 2.24) is 9.47 Å². The van der Waals surface area contributed by atoms with Crippen molar-refractivity contribution in [1.29, 1.82) is 0 Å². The third kappa shape index (κ3) is 6.26. The van der Waals surface area contributed by atoms with Crippen LogP contribution in [0.1, 0.15) is 13.3 Å². The summed E-state index contributed by atoms with van der Waals surface area (Å²) >= 11 is 0. The average molecular weight is 160 g/mol. The van der Waals surface area contributed by atoms with Gasteiger partial charge in [-0.15, -0.1) is 0 Å². The predicted octanol–water partition coefficient (Wildman–Crippen LogP) is -0.460. The van der Waals surface area contributed by atoms with E-state index in [0.29, 0.717) is 0 Å². The summed E-state index contributed by atoms with van der Waals surface area (Å²) in [5.74, 6) is 0. The smallest absolute Gasteiger partial charge is 0.0781 e. The van der Waals surface area contributed by atoms with Gasteiger partial charge in [0.15, 0.2) is 0 Å². The molecule has 0 saturated carbocycles. The first-order chi connectivity index (χ1) is 4.66. The van der Waals surface area contributed by atoms with Gasteiger partial charge >= 0.3 is 0 Å². The molecule has 0 aromatic heterocycles. The van der Waals surface area contributed by atoms with Crippen LogP contribution < -0.4 is 0 Å². The molecule has 0 spiro atoms. The lowest BCUT2D eigenvalue weighted by Gasteiger charge is -2.18. The van der Waals surface area contributed by atoms with E-state index >= 15 is 0 Å². The number of hydrogen-bond acceptors (Lipinski definition) is 2. The van der Waals surface area contributed by atoms with Crippen LogP contribution in [0.25, 0.3) is 0 Å². The lowest BCUT2D eigenvalue weighted by Crippen LogP contribution is -2.29. The first kappa shape index (κ1) is 10.1. The highest BCUT2D eigenvalue weighted by atomic mass is 28.2. The van der Waals surface area contributed by atoms with E-state index in [9.17, 15) is 0 Å². The summed E-state index contributed by atoms with van der Waals surface area (Å²) in [6.45, 7) is 5.90. The van der Waals surface area contributed by atoms with Crippen molar-refractivity contribution in [2.24, 2.45) is 0 Å². The first-order valence-corrected chi connectivity index (χ1v) is 4.89. The first-order valence-electron chi connectivity index (χ1n) is 4.00. The molecule has 0 bridgehead atoms. The molecule has 0 aliphatic rings. The minimum absolute atomic E-state index is 1.19. The van der Waals surface area contributed by atoms with Crippen LogP contribution in [-0.4, -0.2) is 53.6 Å². The van der Waals surface area contributed by atoms with Gasteiger partial charge in [-0.05, 0) is 27.1 Å². The number of likely N-dealkylation sites (N-methyl/N-ethyl adjacent to an activating group) is 2. The summed E-state index contributed by atoms with van der Waals surface area (Å²) < 4.78 is 2.35. The van der Waals surface area contributed by atoms with Gasteiger partial charge in [0, 0.05) is 13.1 Å². The SMILES string of the molecule is CCCN(C)CCN(C)[SiH3]. The summed E-state index contributed by atoms with van der Waals surface area (Å²) in [7, 11) is 5.55. The Kier molecular flexibility index (Phi) is 5.97. The van der Waals surface area contributed by atoms with E-state index in [1.807, 2.05) is 0 Å². The monoisotopic (exact) mass is 160 g/mol. The lowest BCUT2D eigenvalue weighted by molar-refractivity contribution is 0.311. The number of nitrogens with zero attached hydrogens (tertiary/aromatic N) is 2. The second kappa shape index (κ2) is 5.89. The molecule has 0 fully saturated rings. The molecule has 0 atom stereocenters. The molecule has 0 heterocycles. The number of rotatable bonds is 5. The molecule has 0 N–H and O–H groups in total. The molecule has 0 saturated heterocycles. The van der Waals surface area contributed by atoms with Crippen molar-refractivity contribution in [2.45, 2.75) is 13.3 Å². The molecule has 62 valence electrons. The third-order valence-electron chi connectivity index (χ3n) is 1.53. The Balaban J connectivity index is 3.12. The molecule has 0 aliphatic carbocycles. The standard InChI is InChI=1S/C7H20N2Si/c1-4-5-8(2)6-7-9(3)10/h4-7H2,1-3,10H3. The van der Waals surface area contributed by atoms with Crippen LogP contribution in [-0.2, 0) is 0 Å². The van der Waals surface area contributed by atoms with Crippen molar-refractivity contribution < 1.29 is 0 Å². The zero-order chi connectivity index (χ0) is 7.98. The van der Waals surface area contributed by atoms with Gasteiger partial charge in [0.2, 0.25) is 0 Å². The number of hydrogen-bond donors (Lipinski definition) is 0. The lowest BCUT2D eigenvalue weighted by atomic mass is 10.4. The van der Waals surface area contributed by atoms with Crippen molar-refractivity contribution in [3.63, 3.8) is 0 Å². The highest BCUT2D eigenvalue weighted by Crippen LogP contribution is 1.85. The minimum atomic E-state index is 1.19. The van der Waals surface area contributed by atoms with Crippen molar-refractivity contribution in [3.8, 4) is 0 Å². The van der Waals surface area contributed by atoms with Gasteiger partial charge in [0.25, 0.3) is 0 Å². The van der Waals surface area contributed by atoms with Crippen molar-refractivity contribution in [2.75, 3.05) is 33.7 Å². The van der Waals surface area contributed by atoms with E-state index in [2.05, 4.69) is 30.5 Å². The van der Waals surface area contributed by atoms with E-state index < -0.39 is 0 Å². The fourth-order valence-electron chi connectivity index (χ4n) is 0.864. The van der Waals surface area contributed by atoms with Crippen LogP contribution in [0.2, 0.25) is 0 Å². The zero-order valence-corrected chi connectivity index (χ0v) is 9.72. The van der Waals surface area contributed by atoms with Crippen molar-refractivity contribution >= 4 is 10.4 Å². The van der Waals surface area contributed by atoms with Gasteiger partial charge in [-0.2, -0.15) is 0 Å². The summed E-state index contributed by atoms with van der Waals surface area (Å²) in [5.41, 5.74) is 0. The molecule has 0 unspecified atom stereocenters. The molecule has 0 rings (SSSR count). The van der Waals surface area contributed by atoms with Gasteiger partial charge in [0.05, 0.1) is 10.4 Å². The Morgan fingerprint density at radius 1 is 1.10 bits per heavy atom. The third-order valence-corrected chi connectivity index (χ3v) is 1.98. The van der Waals surface area contributed by atoms with E-state index in [-0.39, 0.29) is 0 Å². The fourth-order valence-corrected chi connectivity index (χ4v) is 1.06. The minimum Gasteiger partial charge on any atom is -0.334 e. The Morgan fingerprint density at radius 3 is 2.10 bits per heavy atom. The largest absolute Gasteiger partial charge is 0.334 e. The summed E-state index contributed by atoms with van der Waals surface area (Å²) in [6.07, 6.45) is 1.27. The van der Waals surface area contributed by atoms with Crippen LogP contribution in [0.5, 0.6) is 0 Å². The van der Waals surface area contributed by atoms with E-state index in [1.54, 1.807) is 0 Å².